The lowest BCUT2D eigenvalue weighted by Gasteiger charge is -2.15. The van der Waals surface area contributed by atoms with E-state index < -0.39 is 58.0 Å². The van der Waals surface area contributed by atoms with Gasteiger partial charge in [-0.1, -0.05) is 0 Å². The summed E-state index contributed by atoms with van der Waals surface area (Å²) in [7, 11) is 0. The molecule has 0 amide bonds. The minimum atomic E-state index is -4.84. The highest BCUT2D eigenvalue weighted by Gasteiger charge is 2.36. The molecule has 5 nitrogen and oxygen atoms in total. The van der Waals surface area contributed by atoms with Crippen LogP contribution >= 0.6 is 0 Å². The largest absolute Gasteiger partial charge is 0.418 e. The lowest BCUT2D eigenvalue weighted by atomic mass is 10.1. The Bertz CT molecular complexity index is 1060. The molecule has 3 aromatic rings. The van der Waals surface area contributed by atoms with E-state index >= 15 is 0 Å². The van der Waals surface area contributed by atoms with Crippen LogP contribution in [0.3, 0.4) is 0 Å². The van der Waals surface area contributed by atoms with E-state index in [1.54, 1.807) is 0 Å². The lowest BCUT2D eigenvalue weighted by molar-refractivity contribution is -0.136. The highest BCUT2D eigenvalue weighted by molar-refractivity contribution is 5.91. The molecular weight excluding hydrogens is 387 g/mol. The number of alkyl halides is 7. The second kappa shape index (κ2) is 6.06. The van der Waals surface area contributed by atoms with Crippen molar-refractivity contribution in [3.05, 3.63) is 45.8 Å². The number of aromatic amines is 1. The summed E-state index contributed by atoms with van der Waals surface area (Å²) in [6, 6.07) is 1.40. The summed E-state index contributed by atoms with van der Waals surface area (Å²) in [6.45, 7) is 0.351. The second-order valence-electron chi connectivity index (χ2n) is 5.56. The number of oxazole rings is 1. The fourth-order valence-corrected chi connectivity index (χ4v) is 2.49. The number of aromatic nitrogens is 3. The van der Waals surface area contributed by atoms with Gasteiger partial charge in [-0.15, -0.1) is 0 Å². The summed E-state index contributed by atoms with van der Waals surface area (Å²) in [6.07, 6.45) is -7.56. The highest BCUT2D eigenvalue weighted by Crippen LogP contribution is 2.38. The number of fused-ring (bicyclic) bond motifs is 1. The van der Waals surface area contributed by atoms with E-state index in [0.29, 0.717) is 19.2 Å². The number of nitrogens with zero attached hydrogens (tertiary/aromatic N) is 2. The summed E-state index contributed by atoms with van der Waals surface area (Å²) in [5, 5.41) is 0. The van der Waals surface area contributed by atoms with Crippen LogP contribution in [0.5, 0.6) is 0 Å². The van der Waals surface area contributed by atoms with Gasteiger partial charge in [-0.05, 0) is 12.1 Å². The Kier molecular flexibility index (Phi) is 4.23. The van der Waals surface area contributed by atoms with Crippen molar-refractivity contribution in [2.75, 3.05) is 0 Å². The van der Waals surface area contributed by atoms with Gasteiger partial charge in [0.05, 0.1) is 17.5 Å². The topological polar surface area (TPSA) is 71.8 Å². The molecule has 0 bridgehead atoms. The number of hydrogen-bond acceptors (Lipinski definition) is 4. The zero-order valence-electron chi connectivity index (χ0n) is 13.2. The predicted molar refractivity (Wildman–Crippen MR) is 77.4 cm³/mol. The van der Waals surface area contributed by atoms with Crippen molar-refractivity contribution < 1.29 is 35.2 Å². The Morgan fingerprint density at radius 1 is 1.15 bits per heavy atom. The van der Waals surface area contributed by atoms with Crippen molar-refractivity contribution in [1.29, 1.82) is 0 Å². The molecule has 0 saturated carbocycles. The van der Waals surface area contributed by atoms with Crippen LogP contribution in [0.15, 0.2) is 27.5 Å². The van der Waals surface area contributed by atoms with Crippen molar-refractivity contribution in [3.8, 4) is 11.3 Å². The molecule has 0 spiro atoms. The van der Waals surface area contributed by atoms with Crippen molar-refractivity contribution in [3.63, 3.8) is 0 Å². The third-order valence-electron chi connectivity index (χ3n) is 3.58. The van der Waals surface area contributed by atoms with Crippen LogP contribution in [-0.4, -0.2) is 15.0 Å². The van der Waals surface area contributed by atoms with Gasteiger partial charge in [0, 0.05) is 12.5 Å². The number of nitrogens with one attached hydrogen (secondary N) is 1. The standard InChI is InChI=1S/C15H8F7N3O2/c1-14(18,19)11-9(12(16)17)24-7(4-23-11)5-2-3-6(15(20,21)22)8-10(5)27-13(26)25-8/h2-4,12H,1H3,(H,25,26). The molecule has 0 fully saturated rings. The Balaban J connectivity index is 2.28. The zero-order chi connectivity index (χ0) is 20.1. The van der Waals surface area contributed by atoms with Gasteiger partial charge < -0.3 is 4.42 Å². The average Bonchev–Trinajstić information content (AvgIpc) is 2.92. The summed E-state index contributed by atoms with van der Waals surface area (Å²) in [5.74, 6) is -4.94. The average molecular weight is 395 g/mol. The van der Waals surface area contributed by atoms with E-state index in [0.717, 1.165) is 6.07 Å². The van der Waals surface area contributed by atoms with Crippen LogP contribution in [-0.2, 0) is 12.1 Å². The second-order valence-corrected chi connectivity index (χ2v) is 5.56. The molecule has 1 N–H and O–H groups in total. The number of benzene rings is 1. The van der Waals surface area contributed by atoms with Gasteiger partial charge in [-0.2, -0.15) is 22.0 Å². The fourth-order valence-electron chi connectivity index (χ4n) is 2.49. The minimum Gasteiger partial charge on any atom is -0.407 e. The normalized spacial score (nSPS) is 12.9. The molecule has 1 aromatic carbocycles. The lowest BCUT2D eigenvalue weighted by Crippen LogP contribution is -2.15. The van der Waals surface area contributed by atoms with E-state index in [9.17, 15) is 35.5 Å². The Morgan fingerprint density at radius 2 is 1.81 bits per heavy atom. The molecule has 0 aliphatic carbocycles. The molecule has 3 rings (SSSR count). The fraction of sp³-hybridized carbons (Fsp3) is 0.267. The molecule has 2 aromatic heterocycles. The maximum atomic E-state index is 13.4. The predicted octanol–water partition coefficient (Wildman–Crippen LogP) is 4.65. The molecule has 0 unspecified atom stereocenters. The summed E-state index contributed by atoms with van der Waals surface area (Å²) in [5.41, 5.74) is -5.91. The van der Waals surface area contributed by atoms with Crippen LogP contribution in [0.1, 0.15) is 30.3 Å². The van der Waals surface area contributed by atoms with Gasteiger partial charge in [-0.25, -0.2) is 18.6 Å². The van der Waals surface area contributed by atoms with Crippen LogP contribution < -0.4 is 5.76 Å². The molecule has 27 heavy (non-hydrogen) atoms. The summed E-state index contributed by atoms with van der Waals surface area (Å²) < 4.78 is 96.9. The molecule has 0 aliphatic rings. The number of hydrogen-bond donors (Lipinski definition) is 1. The van der Waals surface area contributed by atoms with Crippen LogP contribution in [0.25, 0.3) is 22.4 Å². The van der Waals surface area contributed by atoms with Crippen molar-refractivity contribution in [1.82, 2.24) is 15.0 Å². The first kappa shape index (κ1) is 18.9. The minimum absolute atomic E-state index is 0.295. The third kappa shape index (κ3) is 3.38. The number of halogens is 7. The first-order valence-electron chi connectivity index (χ1n) is 7.16. The Labute approximate surface area is 144 Å². The zero-order valence-corrected chi connectivity index (χ0v) is 13.2. The van der Waals surface area contributed by atoms with Gasteiger partial charge in [0.15, 0.2) is 5.58 Å². The van der Waals surface area contributed by atoms with E-state index in [1.165, 1.54) is 0 Å². The quantitative estimate of drug-likeness (QED) is 0.656. The molecule has 0 saturated heterocycles. The molecular formula is C15H8F7N3O2. The van der Waals surface area contributed by atoms with Crippen molar-refractivity contribution >= 4 is 11.1 Å². The number of H-pyrrole nitrogens is 1. The summed E-state index contributed by atoms with van der Waals surface area (Å²) >= 11 is 0. The van der Waals surface area contributed by atoms with Gasteiger partial charge in [0.2, 0.25) is 0 Å². The highest BCUT2D eigenvalue weighted by atomic mass is 19.4. The molecule has 2 heterocycles. The summed E-state index contributed by atoms with van der Waals surface area (Å²) in [4.78, 5) is 19.9. The van der Waals surface area contributed by atoms with E-state index in [2.05, 4.69) is 14.4 Å². The number of rotatable bonds is 3. The molecule has 0 atom stereocenters. The first-order valence-corrected chi connectivity index (χ1v) is 7.16. The van der Waals surface area contributed by atoms with Crippen molar-refractivity contribution in [2.24, 2.45) is 0 Å². The monoisotopic (exact) mass is 395 g/mol. The van der Waals surface area contributed by atoms with Crippen molar-refractivity contribution in [2.45, 2.75) is 25.4 Å². The Hall–Kier alpha value is -2.92. The van der Waals surface area contributed by atoms with Gasteiger partial charge in [-0.3, -0.25) is 9.97 Å². The van der Waals surface area contributed by atoms with E-state index in [4.69, 9.17) is 0 Å². The Morgan fingerprint density at radius 3 is 2.37 bits per heavy atom. The van der Waals surface area contributed by atoms with Gasteiger partial charge in [0.1, 0.15) is 16.9 Å². The molecule has 0 radical (unpaired) electrons. The van der Waals surface area contributed by atoms with Gasteiger partial charge in [0.25, 0.3) is 12.3 Å². The van der Waals surface area contributed by atoms with E-state index in [1.807, 2.05) is 4.98 Å². The van der Waals surface area contributed by atoms with Gasteiger partial charge >= 0.3 is 11.9 Å². The molecule has 144 valence electrons. The third-order valence-corrected chi connectivity index (χ3v) is 3.58. The smallest absolute Gasteiger partial charge is 0.407 e. The maximum absolute atomic E-state index is 13.4. The molecule has 0 aliphatic heterocycles. The van der Waals surface area contributed by atoms with Crippen LogP contribution in [0.4, 0.5) is 30.7 Å². The molecule has 12 heteroatoms. The maximum Gasteiger partial charge on any atom is 0.418 e. The van der Waals surface area contributed by atoms with Crippen LogP contribution in [0.2, 0.25) is 0 Å². The SMILES string of the molecule is CC(F)(F)c1ncc(-c2ccc(C(F)(F)F)c3[nH]c(=O)oc23)nc1C(F)F. The van der Waals surface area contributed by atoms with Crippen LogP contribution in [0, 0.1) is 0 Å². The van der Waals surface area contributed by atoms with E-state index in [-0.39, 0.29) is 5.56 Å². The first-order chi connectivity index (χ1) is 12.4.